The molecule has 1 amide bonds. The summed E-state index contributed by atoms with van der Waals surface area (Å²) in [4.78, 5) is 16.1. The summed E-state index contributed by atoms with van der Waals surface area (Å²) in [6, 6.07) is 6.38. The lowest BCUT2D eigenvalue weighted by atomic mass is 10.1. The van der Waals surface area contributed by atoms with Gasteiger partial charge in [0.05, 0.1) is 6.20 Å². The Bertz CT molecular complexity index is 1120. The zero-order chi connectivity index (χ0) is 19.8. The number of halogens is 1. The number of fused-ring (bicyclic) bond motifs is 1. The third-order valence-corrected chi connectivity index (χ3v) is 4.86. The van der Waals surface area contributed by atoms with Gasteiger partial charge in [-0.05, 0) is 39.0 Å². The van der Waals surface area contributed by atoms with E-state index in [1.54, 1.807) is 0 Å². The number of amides is 1. The molecule has 0 unspecified atom stereocenters. The highest BCUT2D eigenvalue weighted by atomic mass is 32.2. The molecule has 2 aromatic heterocycles. The van der Waals surface area contributed by atoms with E-state index in [1.807, 2.05) is 20.8 Å². The van der Waals surface area contributed by atoms with Crippen molar-refractivity contribution in [1.82, 2.24) is 19.9 Å². The topological polar surface area (TPSA) is 105 Å². The number of benzene rings is 1. The number of rotatable bonds is 4. The van der Waals surface area contributed by atoms with Crippen LogP contribution in [0.25, 0.3) is 5.65 Å². The summed E-state index contributed by atoms with van der Waals surface area (Å²) in [6.07, 6.45) is 2.80. The standard InChI is InChI=1S/C17H18FN5O3S/c1-17(2,3)21-16(24)11-10-19-23-9-8-14(20-15(11)23)22-27(25,26)13-7-5-4-6-12(13)18/h4-10H,1-3H3,(H,20,22)(H,21,24). The van der Waals surface area contributed by atoms with Gasteiger partial charge in [0.15, 0.2) is 5.65 Å². The average Bonchev–Trinajstić information content (AvgIpc) is 2.96. The summed E-state index contributed by atoms with van der Waals surface area (Å²) >= 11 is 0. The van der Waals surface area contributed by atoms with Gasteiger partial charge in [0.2, 0.25) is 0 Å². The summed E-state index contributed by atoms with van der Waals surface area (Å²) in [7, 11) is -4.18. The van der Waals surface area contributed by atoms with E-state index in [0.29, 0.717) is 0 Å². The van der Waals surface area contributed by atoms with Crippen LogP contribution in [-0.2, 0) is 10.0 Å². The van der Waals surface area contributed by atoms with Gasteiger partial charge in [-0.3, -0.25) is 9.52 Å². The molecule has 27 heavy (non-hydrogen) atoms. The Morgan fingerprint density at radius 3 is 2.56 bits per heavy atom. The first-order valence-corrected chi connectivity index (χ1v) is 9.49. The monoisotopic (exact) mass is 391 g/mol. The molecule has 3 aromatic rings. The normalized spacial score (nSPS) is 12.1. The molecule has 1 aromatic carbocycles. The lowest BCUT2D eigenvalue weighted by molar-refractivity contribution is 0.0921. The van der Waals surface area contributed by atoms with Crippen molar-refractivity contribution in [1.29, 1.82) is 0 Å². The fourth-order valence-corrected chi connectivity index (χ4v) is 3.43. The van der Waals surface area contributed by atoms with Gasteiger partial charge in [0.25, 0.3) is 15.9 Å². The van der Waals surface area contributed by atoms with Gasteiger partial charge in [0.1, 0.15) is 22.1 Å². The first-order chi connectivity index (χ1) is 12.6. The maximum Gasteiger partial charge on any atom is 0.265 e. The van der Waals surface area contributed by atoms with E-state index < -0.39 is 26.3 Å². The van der Waals surface area contributed by atoms with E-state index >= 15 is 0 Å². The number of carbonyl (C=O) groups excluding carboxylic acids is 1. The molecule has 142 valence electrons. The number of anilines is 1. The minimum atomic E-state index is -4.18. The Labute approximate surface area is 155 Å². The molecule has 0 spiro atoms. The van der Waals surface area contributed by atoms with E-state index in [2.05, 4.69) is 20.1 Å². The van der Waals surface area contributed by atoms with Crippen LogP contribution in [0.2, 0.25) is 0 Å². The highest BCUT2D eigenvalue weighted by Crippen LogP contribution is 2.19. The van der Waals surface area contributed by atoms with E-state index in [1.165, 1.54) is 35.1 Å². The molecule has 0 bridgehead atoms. The van der Waals surface area contributed by atoms with Gasteiger partial charge in [-0.25, -0.2) is 22.3 Å². The fourth-order valence-electron chi connectivity index (χ4n) is 2.35. The minimum absolute atomic E-state index is 0.0592. The summed E-state index contributed by atoms with van der Waals surface area (Å²) in [5.41, 5.74) is -0.0996. The SMILES string of the molecule is CC(C)(C)NC(=O)c1cnn2ccc(NS(=O)(=O)c3ccccc3F)nc12. The van der Waals surface area contributed by atoms with Crippen LogP contribution in [0.3, 0.4) is 0 Å². The zero-order valence-corrected chi connectivity index (χ0v) is 15.7. The second-order valence-electron chi connectivity index (χ2n) is 6.88. The van der Waals surface area contributed by atoms with Gasteiger partial charge in [-0.2, -0.15) is 5.10 Å². The van der Waals surface area contributed by atoms with Crippen LogP contribution in [0.5, 0.6) is 0 Å². The van der Waals surface area contributed by atoms with Crippen LogP contribution in [-0.4, -0.2) is 34.5 Å². The van der Waals surface area contributed by atoms with Gasteiger partial charge in [-0.1, -0.05) is 12.1 Å². The van der Waals surface area contributed by atoms with E-state index in [9.17, 15) is 17.6 Å². The Hall–Kier alpha value is -3.01. The van der Waals surface area contributed by atoms with Crippen LogP contribution in [0.4, 0.5) is 10.2 Å². The van der Waals surface area contributed by atoms with Gasteiger partial charge in [0, 0.05) is 11.7 Å². The highest BCUT2D eigenvalue weighted by Gasteiger charge is 2.22. The predicted molar refractivity (Wildman–Crippen MR) is 97.4 cm³/mol. The molecule has 0 aliphatic heterocycles. The van der Waals surface area contributed by atoms with Crippen LogP contribution in [0.15, 0.2) is 47.6 Å². The van der Waals surface area contributed by atoms with Crippen molar-refractivity contribution < 1.29 is 17.6 Å². The molecule has 2 heterocycles. The third-order valence-electron chi connectivity index (χ3n) is 3.47. The quantitative estimate of drug-likeness (QED) is 0.709. The van der Waals surface area contributed by atoms with Crippen LogP contribution < -0.4 is 10.0 Å². The molecule has 0 aliphatic rings. The second-order valence-corrected chi connectivity index (χ2v) is 8.53. The molecular weight excluding hydrogens is 373 g/mol. The van der Waals surface area contributed by atoms with Crippen molar-refractivity contribution in [2.75, 3.05) is 4.72 Å². The minimum Gasteiger partial charge on any atom is -0.347 e. The second kappa shape index (κ2) is 6.62. The first kappa shape index (κ1) is 18.8. The molecule has 2 N–H and O–H groups in total. The smallest absolute Gasteiger partial charge is 0.265 e. The maximum absolute atomic E-state index is 13.8. The van der Waals surface area contributed by atoms with Crippen LogP contribution in [0.1, 0.15) is 31.1 Å². The van der Waals surface area contributed by atoms with Crippen LogP contribution in [0, 0.1) is 5.82 Å². The summed E-state index contributed by atoms with van der Waals surface area (Å²) in [6.45, 7) is 5.49. The number of aromatic nitrogens is 3. The Morgan fingerprint density at radius 1 is 1.19 bits per heavy atom. The van der Waals surface area contributed by atoms with Gasteiger partial charge >= 0.3 is 0 Å². The molecule has 0 atom stereocenters. The van der Waals surface area contributed by atoms with Gasteiger partial charge in [-0.15, -0.1) is 0 Å². The number of carbonyl (C=O) groups is 1. The molecule has 0 radical (unpaired) electrons. The van der Waals surface area contributed by atoms with Crippen molar-refractivity contribution in [2.45, 2.75) is 31.2 Å². The number of hydrogen-bond donors (Lipinski definition) is 2. The van der Waals surface area contributed by atoms with E-state index in [-0.39, 0.29) is 22.9 Å². The molecule has 0 aliphatic carbocycles. The first-order valence-electron chi connectivity index (χ1n) is 8.01. The van der Waals surface area contributed by atoms with Crippen molar-refractivity contribution in [3.05, 3.63) is 54.1 Å². The Morgan fingerprint density at radius 2 is 1.89 bits per heavy atom. The fraction of sp³-hybridized carbons (Fsp3) is 0.235. The molecule has 0 saturated carbocycles. The van der Waals surface area contributed by atoms with E-state index in [4.69, 9.17) is 0 Å². The van der Waals surface area contributed by atoms with Gasteiger partial charge < -0.3 is 5.32 Å². The lowest BCUT2D eigenvalue weighted by Gasteiger charge is -2.19. The lowest BCUT2D eigenvalue weighted by Crippen LogP contribution is -2.40. The molecule has 3 rings (SSSR count). The van der Waals surface area contributed by atoms with E-state index in [0.717, 1.165) is 12.1 Å². The number of nitrogens with one attached hydrogen (secondary N) is 2. The average molecular weight is 391 g/mol. The predicted octanol–water partition coefficient (Wildman–Crippen LogP) is 2.20. The van der Waals surface area contributed by atoms with Crippen LogP contribution >= 0.6 is 0 Å². The van der Waals surface area contributed by atoms with Crippen molar-refractivity contribution in [2.24, 2.45) is 0 Å². The summed E-state index contributed by atoms with van der Waals surface area (Å²) in [5.74, 6) is -1.32. The Balaban J connectivity index is 1.96. The van der Waals surface area contributed by atoms with Crippen molar-refractivity contribution in [3.8, 4) is 0 Å². The molecule has 0 saturated heterocycles. The zero-order valence-electron chi connectivity index (χ0n) is 14.9. The highest BCUT2D eigenvalue weighted by molar-refractivity contribution is 7.92. The molecule has 0 fully saturated rings. The van der Waals surface area contributed by atoms with Crippen molar-refractivity contribution >= 4 is 27.4 Å². The maximum atomic E-state index is 13.8. The Kier molecular flexibility index (Phi) is 4.60. The largest absolute Gasteiger partial charge is 0.347 e. The molecule has 8 nitrogen and oxygen atoms in total. The number of sulfonamides is 1. The number of hydrogen-bond acceptors (Lipinski definition) is 5. The summed E-state index contributed by atoms with van der Waals surface area (Å²) < 4.78 is 42.2. The number of nitrogens with zero attached hydrogens (tertiary/aromatic N) is 3. The summed E-state index contributed by atoms with van der Waals surface area (Å²) in [5, 5.41) is 6.83. The third kappa shape index (κ3) is 4.05. The molecular formula is C17H18FN5O3S. The molecule has 10 heteroatoms. The van der Waals surface area contributed by atoms with Crippen molar-refractivity contribution in [3.63, 3.8) is 0 Å².